The maximum absolute atomic E-state index is 13.9. The van der Waals surface area contributed by atoms with Crippen molar-refractivity contribution in [1.29, 1.82) is 0 Å². The molecule has 8 heteroatoms. The van der Waals surface area contributed by atoms with Gasteiger partial charge in [-0.3, -0.25) is 9.59 Å². The van der Waals surface area contributed by atoms with Gasteiger partial charge in [-0.05, 0) is 46.6 Å². The Morgan fingerprint density at radius 1 is 1.06 bits per heavy atom. The second kappa shape index (κ2) is 4.72. The van der Waals surface area contributed by atoms with Crippen molar-refractivity contribution in [2.24, 2.45) is 22.2 Å². The topological polar surface area (TPSA) is 112 Å². The number of carbonyl (C=O) groups excluding carboxylic acids is 3. The van der Waals surface area contributed by atoms with E-state index in [1.807, 2.05) is 27.7 Å². The average Bonchev–Trinajstić information content (AvgIpc) is 3.36. The van der Waals surface area contributed by atoms with Gasteiger partial charge in [0.15, 0.2) is 17.0 Å². The maximum Gasteiger partial charge on any atom is 0.331 e. The molecule has 3 saturated carbocycles. The predicted molar refractivity (Wildman–Crippen MR) is 111 cm³/mol. The number of epoxide rings is 1. The van der Waals surface area contributed by atoms with Crippen molar-refractivity contribution in [2.45, 2.75) is 88.7 Å². The van der Waals surface area contributed by atoms with Crippen LogP contribution in [0.1, 0.15) is 48.0 Å². The van der Waals surface area contributed by atoms with Crippen LogP contribution in [0.3, 0.4) is 0 Å². The number of ketones is 1. The summed E-state index contributed by atoms with van der Waals surface area (Å²) in [5.74, 6) is -1.90. The molecule has 8 nitrogen and oxygen atoms in total. The number of ether oxygens (including phenoxy) is 4. The summed E-state index contributed by atoms with van der Waals surface area (Å²) in [7, 11) is 0. The fourth-order valence-corrected chi connectivity index (χ4v) is 9.36. The van der Waals surface area contributed by atoms with Gasteiger partial charge in [0.05, 0.1) is 17.1 Å². The van der Waals surface area contributed by atoms with E-state index in [2.05, 4.69) is 6.58 Å². The quantitative estimate of drug-likeness (QED) is 0.331. The van der Waals surface area contributed by atoms with E-state index in [4.69, 9.17) is 18.9 Å². The minimum absolute atomic E-state index is 0.341. The minimum atomic E-state index is -2.06. The van der Waals surface area contributed by atoms with Crippen LogP contribution in [-0.2, 0) is 33.3 Å². The Kier molecular flexibility index (Phi) is 2.91. The van der Waals surface area contributed by atoms with E-state index in [0.29, 0.717) is 17.6 Å². The van der Waals surface area contributed by atoms with Gasteiger partial charge in [-0.1, -0.05) is 13.5 Å². The number of rotatable bonds is 0. The molecule has 1 N–H and O–H groups in total. The Hall–Kier alpha value is -2.03. The standard InChI is InChI=1S/C25H28O8/c1-10-20(5)9-13-21(6,23(10)18(28)30-11(2)24(23,29)17(20)27)15-16-25(33-16)12(22(13,7)32-15)8-14(26)31-19(25,3)4/h8,11,13,15-16,29H,1,9H2,2-7H3. The molecule has 10 atom stereocenters. The van der Waals surface area contributed by atoms with Gasteiger partial charge in [0, 0.05) is 23.0 Å². The maximum atomic E-state index is 13.9. The first kappa shape index (κ1) is 20.4. The molecule has 6 fully saturated rings. The number of carbonyl (C=O) groups is 3. The molecular formula is C25H28O8. The summed E-state index contributed by atoms with van der Waals surface area (Å²) < 4.78 is 24.4. The summed E-state index contributed by atoms with van der Waals surface area (Å²) in [4.78, 5) is 40.3. The van der Waals surface area contributed by atoms with E-state index in [1.165, 1.54) is 6.08 Å². The van der Waals surface area contributed by atoms with Crippen molar-refractivity contribution in [3.63, 3.8) is 0 Å². The van der Waals surface area contributed by atoms with Gasteiger partial charge < -0.3 is 24.1 Å². The Labute approximate surface area is 191 Å². The number of fused-ring (bicyclic) bond motifs is 3. The van der Waals surface area contributed by atoms with Crippen LogP contribution in [0.2, 0.25) is 0 Å². The van der Waals surface area contributed by atoms with E-state index >= 15 is 0 Å². The Bertz CT molecular complexity index is 1180. The lowest BCUT2D eigenvalue weighted by atomic mass is 9.44. The zero-order valence-corrected chi connectivity index (χ0v) is 19.6. The van der Waals surface area contributed by atoms with Gasteiger partial charge >= 0.3 is 11.9 Å². The zero-order chi connectivity index (χ0) is 23.9. The van der Waals surface area contributed by atoms with Crippen LogP contribution < -0.4 is 0 Å². The minimum Gasteiger partial charge on any atom is -0.458 e. The van der Waals surface area contributed by atoms with Crippen molar-refractivity contribution >= 4 is 17.7 Å². The van der Waals surface area contributed by atoms with E-state index in [9.17, 15) is 19.5 Å². The van der Waals surface area contributed by atoms with Crippen LogP contribution in [0.15, 0.2) is 23.8 Å². The van der Waals surface area contributed by atoms with Crippen molar-refractivity contribution in [3.8, 4) is 0 Å². The van der Waals surface area contributed by atoms with E-state index < -0.39 is 74.7 Å². The van der Waals surface area contributed by atoms with Gasteiger partial charge in [0.25, 0.3) is 0 Å². The molecule has 4 bridgehead atoms. The van der Waals surface area contributed by atoms with Crippen molar-refractivity contribution < 1.29 is 38.4 Å². The fourth-order valence-electron chi connectivity index (χ4n) is 9.36. The summed E-state index contributed by atoms with van der Waals surface area (Å²) in [6.07, 6.45) is -0.366. The zero-order valence-electron chi connectivity index (χ0n) is 19.6. The highest BCUT2D eigenvalue weighted by Gasteiger charge is 2.96. The number of cyclic esters (lactones) is 2. The highest BCUT2D eigenvalue weighted by atomic mass is 16.7. The number of esters is 2. The van der Waals surface area contributed by atoms with Crippen LogP contribution in [0.5, 0.6) is 0 Å². The van der Waals surface area contributed by atoms with Crippen LogP contribution >= 0.6 is 0 Å². The third-order valence-electron chi connectivity index (χ3n) is 10.9. The Morgan fingerprint density at radius 2 is 1.73 bits per heavy atom. The summed E-state index contributed by atoms with van der Waals surface area (Å²) in [6.45, 7) is 15.1. The van der Waals surface area contributed by atoms with Crippen LogP contribution in [0.4, 0.5) is 0 Å². The number of Topliss-reactive ketones (excluding diaryl/α,β-unsaturated/α-hetero) is 1. The molecule has 33 heavy (non-hydrogen) atoms. The largest absolute Gasteiger partial charge is 0.458 e. The van der Waals surface area contributed by atoms with Crippen LogP contribution in [-0.4, -0.2) is 63.5 Å². The molecule has 0 aromatic rings. The summed E-state index contributed by atoms with van der Waals surface area (Å²) in [5, 5.41) is 12.1. The highest BCUT2D eigenvalue weighted by Crippen LogP contribution is 2.84. The molecule has 0 aromatic heterocycles. The molecule has 0 amide bonds. The van der Waals surface area contributed by atoms with Crippen molar-refractivity contribution in [2.75, 3.05) is 0 Å². The second-order valence-electron chi connectivity index (χ2n) is 12.2. The Morgan fingerprint density at radius 3 is 2.39 bits per heavy atom. The third-order valence-corrected chi connectivity index (χ3v) is 10.9. The molecule has 3 aliphatic carbocycles. The smallest absolute Gasteiger partial charge is 0.331 e. The molecule has 0 radical (unpaired) electrons. The lowest BCUT2D eigenvalue weighted by Gasteiger charge is -2.54. The molecule has 176 valence electrons. The molecule has 4 aliphatic heterocycles. The fraction of sp³-hybridized carbons (Fsp3) is 0.720. The van der Waals surface area contributed by atoms with Crippen LogP contribution in [0, 0.1) is 22.2 Å². The van der Waals surface area contributed by atoms with Crippen molar-refractivity contribution in [1.82, 2.24) is 0 Å². The highest BCUT2D eigenvalue weighted by molar-refractivity contribution is 6.11. The average molecular weight is 456 g/mol. The van der Waals surface area contributed by atoms with Gasteiger partial charge in [0.1, 0.15) is 23.2 Å². The second-order valence-corrected chi connectivity index (χ2v) is 12.2. The molecule has 4 heterocycles. The first-order chi connectivity index (χ1) is 15.1. The van der Waals surface area contributed by atoms with E-state index in [-0.39, 0.29) is 5.92 Å². The Balaban J connectivity index is 1.57. The van der Waals surface area contributed by atoms with E-state index in [0.717, 1.165) is 0 Å². The SMILES string of the molecule is C=C1C2(C)CC3C4(C)OC(C5OC56C4=CC(=O)OC6(C)C)C3(C)C13C(=O)OC(C)C3(O)C2=O. The van der Waals surface area contributed by atoms with Crippen LogP contribution in [0.25, 0.3) is 0 Å². The first-order valence-electron chi connectivity index (χ1n) is 11.6. The van der Waals surface area contributed by atoms with Gasteiger partial charge in [-0.2, -0.15) is 0 Å². The lowest BCUT2D eigenvalue weighted by Crippen LogP contribution is -2.65. The predicted octanol–water partition coefficient (Wildman–Crippen LogP) is 1.39. The number of hydrogen-bond acceptors (Lipinski definition) is 8. The van der Waals surface area contributed by atoms with Gasteiger partial charge in [-0.15, -0.1) is 0 Å². The van der Waals surface area contributed by atoms with E-state index in [1.54, 1.807) is 13.8 Å². The summed E-state index contributed by atoms with van der Waals surface area (Å²) >= 11 is 0. The molecule has 10 unspecified atom stereocenters. The van der Waals surface area contributed by atoms with Gasteiger partial charge in [-0.25, -0.2) is 4.79 Å². The van der Waals surface area contributed by atoms with Crippen molar-refractivity contribution in [3.05, 3.63) is 23.8 Å². The molecular weight excluding hydrogens is 428 g/mol. The first-order valence-corrected chi connectivity index (χ1v) is 11.6. The number of aliphatic hydroxyl groups is 1. The third kappa shape index (κ3) is 1.45. The molecule has 3 saturated heterocycles. The number of hydrogen-bond donors (Lipinski definition) is 1. The molecule has 0 aromatic carbocycles. The van der Waals surface area contributed by atoms with Gasteiger partial charge in [0.2, 0.25) is 0 Å². The summed E-state index contributed by atoms with van der Waals surface area (Å²) in [6, 6.07) is 0. The molecule has 7 aliphatic rings. The summed E-state index contributed by atoms with van der Waals surface area (Å²) in [5.41, 5.74) is -7.66. The molecule has 2 spiro atoms. The normalized spacial score (nSPS) is 60.9. The monoisotopic (exact) mass is 456 g/mol. The molecule has 7 rings (SSSR count). The lowest BCUT2D eigenvalue weighted by molar-refractivity contribution is -0.168.